The maximum atomic E-state index is 5.09. The van der Waals surface area contributed by atoms with Gasteiger partial charge in [0.2, 0.25) is 0 Å². The quantitative estimate of drug-likeness (QED) is 0.781. The molecule has 0 atom stereocenters. The fourth-order valence-electron chi connectivity index (χ4n) is 0.749. The van der Waals surface area contributed by atoms with Crippen LogP contribution in [0.15, 0.2) is 26.0 Å². The molecule has 0 amide bonds. The van der Waals surface area contributed by atoms with Crippen molar-refractivity contribution in [1.82, 2.24) is 0 Å². The van der Waals surface area contributed by atoms with Crippen molar-refractivity contribution in [1.29, 1.82) is 0 Å². The Bertz CT molecular complexity index is 252. The molecule has 0 aromatic heterocycles. The normalized spacial score (nSPS) is 9.82. The van der Waals surface area contributed by atoms with Gasteiger partial charge in [0.1, 0.15) is 5.75 Å². The largest absolute Gasteiger partial charge is 0.494 e. The molecule has 1 aromatic rings. The Morgan fingerprint density at radius 2 is 2.00 bits per heavy atom. The van der Waals surface area contributed by atoms with E-state index in [4.69, 9.17) is 4.74 Å². The van der Waals surface area contributed by atoms with E-state index in [0.717, 1.165) is 19.6 Å². The summed E-state index contributed by atoms with van der Waals surface area (Å²) in [4.78, 5) is 0.814. The highest BCUT2D eigenvalue weighted by Gasteiger charge is 2.04. The fourth-order valence-corrected chi connectivity index (χ4v) is 2.82. The highest BCUT2D eigenvalue weighted by molar-refractivity contribution is 9.11. The Morgan fingerprint density at radius 3 is 2.45 bits per heavy atom. The first-order valence-electron chi connectivity index (χ1n) is 2.87. The average molecular weight is 298 g/mol. The molecule has 1 rings (SSSR count). The molecule has 0 unspecified atom stereocenters. The Balaban J connectivity index is 3.25. The average Bonchev–Trinajstić information content (AvgIpc) is 1.85. The molecule has 0 aliphatic heterocycles. The number of ether oxygens (including phenoxy) is 1. The van der Waals surface area contributed by atoms with Crippen molar-refractivity contribution in [2.75, 3.05) is 7.11 Å². The van der Waals surface area contributed by atoms with E-state index in [1.54, 1.807) is 7.11 Å². The van der Waals surface area contributed by atoms with Crippen molar-refractivity contribution in [3.05, 3.63) is 21.1 Å². The predicted molar refractivity (Wildman–Crippen MR) is 55.6 cm³/mol. The van der Waals surface area contributed by atoms with Crippen LogP contribution in [0.25, 0.3) is 0 Å². The van der Waals surface area contributed by atoms with Crippen LogP contribution < -0.4 is 4.74 Å². The van der Waals surface area contributed by atoms with E-state index in [2.05, 4.69) is 44.5 Å². The van der Waals surface area contributed by atoms with Gasteiger partial charge in [-0.3, -0.25) is 0 Å². The summed E-state index contributed by atoms with van der Waals surface area (Å²) in [5.41, 5.74) is 0. The lowest BCUT2D eigenvalue weighted by Crippen LogP contribution is -1.85. The Kier molecular flexibility index (Phi) is 3.28. The van der Waals surface area contributed by atoms with Crippen LogP contribution in [0, 0.1) is 0 Å². The van der Waals surface area contributed by atoms with E-state index >= 15 is 0 Å². The van der Waals surface area contributed by atoms with Crippen molar-refractivity contribution in [3.63, 3.8) is 0 Å². The van der Waals surface area contributed by atoms with Gasteiger partial charge in [0.05, 0.1) is 11.6 Å². The minimum Gasteiger partial charge on any atom is -0.494 e. The Hall–Kier alpha value is 0.330. The first-order chi connectivity index (χ1) is 5.15. The molecule has 0 aliphatic rings. The zero-order chi connectivity index (χ0) is 8.43. The van der Waals surface area contributed by atoms with Crippen LogP contribution in [0.5, 0.6) is 5.75 Å². The number of halogens is 2. The zero-order valence-electron chi connectivity index (χ0n) is 5.77. The van der Waals surface area contributed by atoms with Crippen molar-refractivity contribution >= 4 is 44.5 Å². The third-order valence-corrected chi connectivity index (χ3v) is 2.57. The second-order valence-corrected chi connectivity index (χ2v) is 4.19. The highest BCUT2D eigenvalue weighted by atomic mass is 79.9. The first kappa shape index (κ1) is 9.42. The van der Waals surface area contributed by atoms with Crippen LogP contribution in [-0.2, 0) is 0 Å². The predicted octanol–water partition coefficient (Wildman–Crippen LogP) is 3.51. The number of methoxy groups -OCH3 is 1. The third kappa shape index (κ3) is 2.13. The van der Waals surface area contributed by atoms with Crippen LogP contribution >= 0.6 is 44.5 Å². The maximum Gasteiger partial charge on any atom is 0.146 e. The number of benzene rings is 1. The van der Waals surface area contributed by atoms with Crippen molar-refractivity contribution < 1.29 is 4.74 Å². The van der Waals surface area contributed by atoms with Gasteiger partial charge in [-0.25, -0.2) is 0 Å². The molecule has 1 nitrogen and oxygen atoms in total. The molecule has 11 heavy (non-hydrogen) atoms. The van der Waals surface area contributed by atoms with Gasteiger partial charge in [-0.1, -0.05) is 15.9 Å². The van der Waals surface area contributed by atoms with Gasteiger partial charge >= 0.3 is 0 Å². The number of thiol groups is 1. The Morgan fingerprint density at radius 1 is 1.36 bits per heavy atom. The summed E-state index contributed by atoms with van der Waals surface area (Å²) in [5, 5.41) is 0. The van der Waals surface area contributed by atoms with Crippen LogP contribution in [0.4, 0.5) is 0 Å². The molecule has 0 bridgehead atoms. The van der Waals surface area contributed by atoms with E-state index in [9.17, 15) is 0 Å². The first-order valence-corrected chi connectivity index (χ1v) is 4.90. The van der Waals surface area contributed by atoms with Crippen LogP contribution in [0.3, 0.4) is 0 Å². The van der Waals surface area contributed by atoms with Crippen LogP contribution in [0.1, 0.15) is 0 Å². The summed E-state index contributed by atoms with van der Waals surface area (Å²) in [5.74, 6) is 0.761. The van der Waals surface area contributed by atoms with Gasteiger partial charge in [0, 0.05) is 9.37 Å². The summed E-state index contributed by atoms with van der Waals surface area (Å²) in [6.07, 6.45) is 0. The van der Waals surface area contributed by atoms with Gasteiger partial charge in [-0.05, 0) is 28.1 Å². The van der Waals surface area contributed by atoms with Gasteiger partial charge in [0.25, 0.3) is 0 Å². The van der Waals surface area contributed by atoms with Gasteiger partial charge in [-0.2, -0.15) is 0 Å². The van der Waals surface area contributed by atoms with E-state index in [1.165, 1.54) is 0 Å². The minimum absolute atomic E-state index is 0.761. The fraction of sp³-hybridized carbons (Fsp3) is 0.143. The maximum absolute atomic E-state index is 5.09. The summed E-state index contributed by atoms with van der Waals surface area (Å²) in [6, 6.07) is 3.80. The molecular formula is C7H6Br2OS. The molecule has 4 heteroatoms. The summed E-state index contributed by atoms with van der Waals surface area (Å²) >= 11 is 10.9. The smallest absolute Gasteiger partial charge is 0.146 e. The highest BCUT2D eigenvalue weighted by Crippen LogP contribution is 2.34. The molecule has 0 N–H and O–H groups in total. The second-order valence-electron chi connectivity index (χ2n) is 1.94. The number of hydrogen-bond acceptors (Lipinski definition) is 2. The SMILES string of the molecule is COc1c(S)cc(Br)cc1Br. The van der Waals surface area contributed by atoms with E-state index in [-0.39, 0.29) is 0 Å². The van der Waals surface area contributed by atoms with Gasteiger partial charge < -0.3 is 4.74 Å². The lowest BCUT2D eigenvalue weighted by molar-refractivity contribution is 0.402. The van der Waals surface area contributed by atoms with Crippen molar-refractivity contribution in [3.8, 4) is 5.75 Å². The molecular weight excluding hydrogens is 292 g/mol. The minimum atomic E-state index is 0.761. The molecule has 0 spiro atoms. The molecule has 1 aromatic carbocycles. The van der Waals surface area contributed by atoms with E-state index in [1.807, 2.05) is 12.1 Å². The molecule has 0 heterocycles. The molecule has 60 valence electrons. The van der Waals surface area contributed by atoms with E-state index < -0.39 is 0 Å². The summed E-state index contributed by atoms with van der Waals surface area (Å²) in [7, 11) is 1.62. The number of hydrogen-bond donors (Lipinski definition) is 1. The summed E-state index contributed by atoms with van der Waals surface area (Å²) in [6.45, 7) is 0. The third-order valence-electron chi connectivity index (χ3n) is 1.19. The van der Waals surface area contributed by atoms with Crippen LogP contribution in [0.2, 0.25) is 0 Å². The molecule has 0 aliphatic carbocycles. The zero-order valence-corrected chi connectivity index (χ0v) is 9.83. The standard InChI is InChI=1S/C7H6Br2OS/c1-10-7-5(9)2-4(8)3-6(7)11/h2-3,11H,1H3. The van der Waals surface area contributed by atoms with Crippen molar-refractivity contribution in [2.24, 2.45) is 0 Å². The van der Waals surface area contributed by atoms with Crippen molar-refractivity contribution in [2.45, 2.75) is 4.90 Å². The molecule has 0 fully saturated rings. The lowest BCUT2D eigenvalue weighted by atomic mass is 10.3. The van der Waals surface area contributed by atoms with Gasteiger partial charge in [-0.15, -0.1) is 12.6 Å². The lowest BCUT2D eigenvalue weighted by Gasteiger charge is -2.05. The topological polar surface area (TPSA) is 9.23 Å². The monoisotopic (exact) mass is 296 g/mol. The molecule has 0 saturated carbocycles. The number of rotatable bonds is 1. The second kappa shape index (κ2) is 3.83. The molecule has 0 saturated heterocycles. The molecule has 0 radical (unpaired) electrons. The van der Waals surface area contributed by atoms with Crippen LogP contribution in [-0.4, -0.2) is 7.11 Å². The Labute approximate surface area is 87.8 Å². The van der Waals surface area contributed by atoms with E-state index in [0.29, 0.717) is 0 Å². The summed E-state index contributed by atoms with van der Waals surface area (Å²) < 4.78 is 6.97. The van der Waals surface area contributed by atoms with Gasteiger partial charge in [0.15, 0.2) is 0 Å².